The third kappa shape index (κ3) is 6.09. The van der Waals surface area contributed by atoms with E-state index in [4.69, 9.17) is 9.47 Å². The van der Waals surface area contributed by atoms with Gasteiger partial charge in [-0.3, -0.25) is 9.59 Å². The molecule has 32 heavy (non-hydrogen) atoms. The van der Waals surface area contributed by atoms with Crippen molar-refractivity contribution in [2.24, 2.45) is 0 Å². The molecular formula is C25H27N3O4. The Bertz CT molecular complexity index is 1070. The summed E-state index contributed by atoms with van der Waals surface area (Å²) in [6.45, 7) is 2.08. The molecule has 0 saturated carbocycles. The van der Waals surface area contributed by atoms with Crippen molar-refractivity contribution in [2.75, 3.05) is 36.7 Å². The summed E-state index contributed by atoms with van der Waals surface area (Å²) in [5.74, 6) is 0.125. The lowest BCUT2D eigenvalue weighted by Gasteiger charge is -2.13. The third-order valence-electron chi connectivity index (χ3n) is 4.95. The maximum Gasteiger partial charge on any atom is 0.255 e. The summed E-state index contributed by atoms with van der Waals surface area (Å²) in [6, 6.07) is 21.6. The van der Waals surface area contributed by atoms with Gasteiger partial charge in [-0.1, -0.05) is 24.3 Å². The van der Waals surface area contributed by atoms with Crippen LogP contribution in [0.1, 0.15) is 28.9 Å². The van der Waals surface area contributed by atoms with E-state index in [9.17, 15) is 9.59 Å². The van der Waals surface area contributed by atoms with Crippen LogP contribution < -0.4 is 20.7 Å². The number of methoxy groups -OCH3 is 2. The second-order valence-corrected chi connectivity index (χ2v) is 7.14. The summed E-state index contributed by atoms with van der Waals surface area (Å²) < 4.78 is 10.6. The molecule has 0 heterocycles. The van der Waals surface area contributed by atoms with Crippen molar-refractivity contribution in [2.45, 2.75) is 13.0 Å². The Balaban J connectivity index is 1.54. The van der Waals surface area contributed by atoms with E-state index in [1.165, 1.54) is 0 Å². The number of anilines is 3. The van der Waals surface area contributed by atoms with Crippen LogP contribution in [0.3, 0.4) is 0 Å². The lowest BCUT2D eigenvalue weighted by atomic mass is 10.1. The number of ether oxygens (including phenoxy) is 2. The van der Waals surface area contributed by atoms with E-state index >= 15 is 0 Å². The van der Waals surface area contributed by atoms with Crippen molar-refractivity contribution in [3.05, 3.63) is 83.9 Å². The van der Waals surface area contributed by atoms with Crippen LogP contribution in [0.25, 0.3) is 0 Å². The minimum absolute atomic E-state index is 0.0238. The van der Waals surface area contributed by atoms with Gasteiger partial charge in [0.2, 0.25) is 5.91 Å². The SMILES string of the molecule is COc1ccccc1NC(=O)c1ccc(NC(=O)CNc2cccc(C(C)OC)c2)cc1. The number of hydrogen-bond acceptors (Lipinski definition) is 5. The summed E-state index contributed by atoms with van der Waals surface area (Å²) in [5, 5.41) is 8.75. The Morgan fingerprint density at radius 1 is 0.875 bits per heavy atom. The lowest BCUT2D eigenvalue weighted by Crippen LogP contribution is -2.22. The molecular weight excluding hydrogens is 406 g/mol. The van der Waals surface area contributed by atoms with Crippen molar-refractivity contribution < 1.29 is 19.1 Å². The number of amides is 2. The summed E-state index contributed by atoms with van der Waals surface area (Å²) in [4.78, 5) is 24.8. The Morgan fingerprint density at radius 2 is 1.62 bits per heavy atom. The van der Waals surface area contributed by atoms with Crippen molar-refractivity contribution in [3.8, 4) is 5.75 Å². The van der Waals surface area contributed by atoms with Crippen molar-refractivity contribution in [1.29, 1.82) is 0 Å². The molecule has 0 bridgehead atoms. The van der Waals surface area contributed by atoms with Gasteiger partial charge in [0, 0.05) is 24.0 Å². The summed E-state index contributed by atoms with van der Waals surface area (Å²) in [5.41, 5.74) is 3.53. The van der Waals surface area contributed by atoms with Gasteiger partial charge in [0.05, 0.1) is 25.4 Å². The first-order valence-corrected chi connectivity index (χ1v) is 10.2. The van der Waals surface area contributed by atoms with Gasteiger partial charge < -0.3 is 25.4 Å². The van der Waals surface area contributed by atoms with Gasteiger partial charge >= 0.3 is 0 Å². The number of hydrogen-bond donors (Lipinski definition) is 3. The highest BCUT2D eigenvalue weighted by Crippen LogP contribution is 2.24. The molecule has 3 rings (SSSR count). The predicted octanol–water partition coefficient (Wildman–Crippen LogP) is 4.71. The Morgan fingerprint density at radius 3 is 2.34 bits per heavy atom. The van der Waals surface area contributed by atoms with Crippen molar-refractivity contribution >= 4 is 28.9 Å². The van der Waals surface area contributed by atoms with E-state index < -0.39 is 0 Å². The molecule has 0 aliphatic carbocycles. The molecule has 0 spiro atoms. The van der Waals surface area contributed by atoms with Gasteiger partial charge in [-0.2, -0.15) is 0 Å². The van der Waals surface area contributed by atoms with Gasteiger partial charge in [0.15, 0.2) is 0 Å². The van der Waals surface area contributed by atoms with Gasteiger partial charge in [0.1, 0.15) is 5.75 Å². The first kappa shape index (κ1) is 22.8. The van der Waals surface area contributed by atoms with Crippen molar-refractivity contribution in [1.82, 2.24) is 0 Å². The number of carbonyl (C=O) groups excluding carboxylic acids is 2. The van der Waals surface area contributed by atoms with E-state index in [0.717, 1.165) is 11.3 Å². The van der Waals surface area contributed by atoms with Crippen LogP contribution in [-0.2, 0) is 9.53 Å². The van der Waals surface area contributed by atoms with E-state index in [1.807, 2.05) is 43.3 Å². The molecule has 7 nitrogen and oxygen atoms in total. The van der Waals surface area contributed by atoms with Crippen LogP contribution in [0, 0.1) is 0 Å². The fourth-order valence-corrected chi connectivity index (χ4v) is 3.07. The van der Waals surface area contributed by atoms with Gasteiger partial charge in [-0.05, 0) is 61.0 Å². The van der Waals surface area contributed by atoms with Crippen LogP contribution in [0.2, 0.25) is 0 Å². The third-order valence-corrected chi connectivity index (χ3v) is 4.95. The second kappa shape index (κ2) is 11.0. The number of rotatable bonds is 9. The molecule has 1 unspecified atom stereocenters. The molecule has 3 N–H and O–H groups in total. The van der Waals surface area contributed by atoms with E-state index in [2.05, 4.69) is 16.0 Å². The molecule has 3 aromatic carbocycles. The molecule has 0 aromatic heterocycles. The highest BCUT2D eigenvalue weighted by atomic mass is 16.5. The molecule has 0 fully saturated rings. The van der Waals surface area contributed by atoms with Crippen LogP contribution >= 0.6 is 0 Å². The highest BCUT2D eigenvalue weighted by Gasteiger charge is 2.10. The maximum absolute atomic E-state index is 12.5. The fraction of sp³-hybridized carbons (Fsp3) is 0.200. The summed E-state index contributed by atoms with van der Waals surface area (Å²) >= 11 is 0. The average Bonchev–Trinajstić information content (AvgIpc) is 2.83. The van der Waals surface area contributed by atoms with Crippen LogP contribution in [0.15, 0.2) is 72.8 Å². The Hall–Kier alpha value is -3.84. The van der Waals surface area contributed by atoms with Gasteiger partial charge in [-0.15, -0.1) is 0 Å². The molecule has 0 aliphatic rings. The molecule has 166 valence electrons. The highest BCUT2D eigenvalue weighted by molar-refractivity contribution is 6.05. The van der Waals surface area contributed by atoms with E-state index in [-0.39, 0.29) is 24.5 Å². The molecule has 7 heteroatoms. The normalized spacial score (nSPS) is 11.3. The maximum atomic E-state index is 12.5. The average molecular weight is 434 g/mol. The zero-order valence-corrected chi connectivity index (χ0v) is 18.3. The topological polar surface area (TPSA) is 88.7 Å². The molecule has 0 saturated heterocycles. The molecule has 0 radical (unpaired) electrons. The zero-order valence-electron chi connectivity index (χ0n) is 18.3. The van der Waals surface area contributed by atoms with E-state index in [0.29, 0.717) is 22.7 Å². The molecule has 2 amide bonds. The number of para-hydroxylation sites is 2. The first-order chi connectivity index (χ1) is 15.5. The quantitative estimate of drug-likeness (QED) is 0.455. The van der Waals surface area contributed by atoms with Crippen LogP contribution in [0.5, 0.6) is 5.75 Å². The monoisotopic (exact) mass is 433 g/mol. The first-order valence-electron chi connectivity index (χ1n) is 10.2. The number of carbonyl (C=O) groups is 2. The largest absolute Gasteiger partial charge is 0.495 e. The van der Waals surface area contributed by atoms with Crippen molar-refractivity contribution in [3.63, 3.8) is 0 Å². The second-order valence-electron chi connectivity index (χ2n) is 7.14. The Labute approximate surface area is 187 Å². The fourth-order valence-electron chi connectivity index (χ4n) is 3.07. The summed E-state index contributed by atoms with van der Waals surface area (Å²) in [6.07, 6.45) is -0.0238. The number of nitrogens with one attached hydrogen (secondary N) is 3. The summed E-state index contributed by atoms with van der Waals surface area (Å²) in [7, 11) is 3.21. The number of benzene rings is 3. The zero-order chi connectivity index (χ0) is 22.9. The minimum Gasteiger partial charge on any atom is -0.495 e. The van der Waals surface area contributed by atoms with Crippen LogP contribution in [0.4, 0.5) is 17.1 Å². The molecule has 1 atom stereocenters. The van der Waals surface area contributed by atoms with Gasteiger partial charge in [0.25, 0.3) is 5.91 Å². The minimum atomic E-state index is -0.265. The van der Waals surface area contributed by atoms with E-state index in [1.54, 1.807) is 50.6 Å². The van der Waals surface area contributed by atoms with Gasteiger partial charge in [-0.25, -0.2) is 0 Å². The lowest BCUT2D eigenvalue weighted by molar-refractivity contribution is -0.114. The molecule has 3 aromatic rings. The van der Waals surface area contributed by atoms with Crippen LogP contribution in [-0.4, -0.2) is 32.6 Å². The predicted molar refractivity (Wildman–Crippen MR) is 126 cm³/mol. The smallest absolute Gasteiger partial charge is 0.255 e. The standard InChI is InChI=1S/C25H27N3O4/c1-17(31-2)19-7-6-8-21(15-19)26-16-24(29)27-20-13-11-18(12-14-20)25(30)28-22-9-4-5-10-23(22)32-3/h4-15,17,26H,16H2,1-3H3,(H,27,29)(H,28,30). The Kier molecular flexibility index (Phi) is 7.83. The molecule has 0 aliphatic heterocycles.